The zero-order valence-electron chi connectivity index (χ0n) is 15.0. The number of phenols is 1. The Labute approximate surface area is 155 Å². The number of rotatable bonds is 3. The number of fused-ring (bicyclic) bond motifs is 2. The van der Waals surface area contributed by atoms with E-state index in [0.717, 1.165) is 12.0 Å². The van der Waals surface area contributed by atoms with Crippen molar-refractivity contribution in [3.63, 3.8) is 0 Å². The standard InChI is InChI=1S/C20H20N4O3/c1-13-9-11-23(19-14(13)6-4-8-17(19)25)18(26)10-12-24-20(27)15-5-2-3-7-16(15)21-22-24/h2-8,13,25H,9-12H2,1H3. The van der Waals surface area contributed by atoms with Crippen molar-refractivity contribution >= 4 is 22.5 Å². The highest BCUT2D eigenvalue weighted by molar-refractivity contribution is 5.96. The lowest BCUT2D eigenvalue weighted by Crippen LogP contribution is -2.37. The number of phenolic OH excluding ortho intramolecular Hbond substituents is 1. The summed E-state index contributed by atoms with van der Waals surface area (Å²) in [6, 6.07) is 12.3. The Morgan fingerprint density at radius 3 is 2.89 bits per heavy atom. The predicted molar refractivity (Wildman–Crippen MR) is 102 cm³/mol. The van der Waals surface area contributed by atoms with Gasteiger partial charge in [-0.3, -0.25) is 9.59 Å². The van der Waals surface area contributed by atoms with Crippen molar-refractivity contribution in [1.29, 1.82) is 0 Å². The van der Waals surface area contributed by atoms with Gasteiger partial charge in [-0.15, -0.1) is 5.10 Å². The Morgan fingerprint density at radius 1 is 1.22 bits per heavy atom. The summed E-state index contributed by atoms with van der Waals surface area (Å²) in [7, 11) is 0. The molecule has 2 aromatic carbocycles. The number of benzene rings is 2. The molecule has 0 spiro atoms. The van der Waals surface area contributed by atoms with Crippen LogP contribution < -0.4 is 10.5 Å². The van der Waals surface area contributed by atoms with Crippen LogP contribution in [0.25, 0.3) is 10.9 Å². The summed E-state index contributed by atoms with van der Waals surface area (Å²) in [5.41, 5.74) is 1.83. The SMILES string of the molecule is CC1CCN(C(=O)CCn2nnc3ccccc3c2=O)c2c(O)cccc21. The molecule has 7 heteroatoms. The van der Waals surface area contributed by atoms with E-state index in [9.17, 15) is 14.7 Å². The van der Waals surface area contributed by atoms with Gasteiger partial charge in [-0.25, -0.2) is 4.68 Å². The highest BCUT2D eigenvalue weighted by Crippen LogP contribution is 2.41. The maximum Gasteiger partial charge on any atom is 0.277 e. The fourth-order valence-corrected chi connectivity index (χ4v) is 3.59. The van der Waals surface area contributed by atoms with Gasteiger partial charge < -0.3 is 10.0 Å². The van der Waals surface area contributed by atoms with Gasteiger partial charge in [-0.05, 0) is 36.1 Å². The number of hydrogen-bond donors (Lipinski definition) is 1. The van der Waals surface area contributed by atoms with Gasteiger partial charge in [0.2, 0.25) is 5.91 Å². The van der Waals surface area contributed by atoms with Crippen molar-refractivity contribution in [2.24, 2.45) is 0 Å². The molecule has 0 saturated carbocycles. The number of hydrogen-bond acceptors (Lipinski definition) is 5. The fourth-order valence-electron chi connectivity index (χ4n) is 3.59. The summed E-state index contributed by atoms with van der Waals surface area (Å²) >= 11 is 0. The van der Waals surface area contributed by atoms with Crippen LogP contribution in [0.1, 0.15) is 31.2 Å². The van der Waals surface area contributed by atoms with Crippen molar-refractivity contribution < 1.29 is 9.90 Å². The molecule has 1 amide bonds. The zero-order valence-corrected chi connectivity index (χ0v) is 15.0. The molecule has 27 heavy (non-hydrogen) atoms. The summed E-state index contributed by atoms with van der Waals surface area (Å²) < 4.78 is 1.22. The molecular formula is C20H20N4O3. The smallest absolute Gasteiger partial charge is 0.277 e. The van der Waals surface area contributed by atoms with Crippen molar-refractivity contribution in [1.82, 2.24) is 15.0 Å². The third kappa shape index (κ3) is 3.05. The monoisotopic (exact) mass is 364 g/mol. The van der Waals surface area contributed by atoms with E-state index in [-0.39, 0.29) is 36.1 Å². The van der Waals surface area contributed by atoms with Crippen LogP contribution in [0.4, 0.5) is 5.69 Å². The number of aromatic nitrogens is 3. The molecule has 0 aliphatic carbocycles. The van der Waals surface area contributed by atoms with E-state index in [4.69, 9.17) is 0 Å². The second-order valence-corrected chi connectivity index (χ2v) is 6.83. The Hall–Kier alpha value is -3.22. The summed E-state index contributed by atoms with van der Waals surface area (Å²) in [6.45, 7) is 2.78. The fraction of sp³-hybridized carbons (Fsp3) is 0.300. The molecule has 1 atom stereocenters. The maximum absolute atomic E-state index is 12.8. The molecule has 4 rings (SSSR count). The number of anilines is 1. The van der Waals surface area contributed by atoms with Crippen molar-refractivity contribution in [3.05, 3.63) is 58.4 Å². The van der Waals surface area contributed by atoms with Crippen molar-refractivity contribution in [2.45, 2.75) is 32.2 Å². The average Bonchev–Trinajstić information content (AvgIpc) is 2.68. The number of aryl methyl sites for hydroxylation is 1. The van der Waals surface area contributed by atoms with Gasteiger partial charge in [-0.1, -0.05) is 36.4 Å². The third-order valence-electron chi connectivity index (χ3n) is 5.10. The van der Waals surface area contributed by atoms with Gasteiger partial charge >= 0.3 is 0 Å². The van der Waals surface area contributed by atoms with E-state index < -0.39 is 0 Å². The first-order chi connectivity index (χ1) is 13.1. The van der Waals surface area contributed by atoms with Crippen LogP contribution in [-0.2, 0) is 11.3 Å². The number of para-hydroxylation sites is 1. The van der Waals surface area contributed by atoms with Crippen molar-refractivity contribution in [2.75, 3.05) is 11.4 Å². The molecule has 0 saturated heterocycles. The summed E-state index contributed by atoms with van der Waals surface area (Å²) in [5, 5.41) is 18.7. The lowest BCUT2D eigenvalue weighted by Gasteiger charge is -2.33. The average molecular weight is 364 g/mol. The molecule has 7 nitrogen and oxygen atoms in total. The first-order valence-electron chi connectivity index (χ1n) is 9.01. The van der Waals surface area contributed by atoms with Crippen LogP contribution in [0.5, 0.6) is 5.75 Å². The van der Waals surface area contributed by atoms with E-state index in [1.807, 2.05) is 6.07 Å². The summed E-state index contributed by atoms with van der Waals surface area (Å²) in [6.07, 6.45) is 0.938. The van der Waals surface area contributed by atoms with Gasteiger partial charge in [0.05, 0.1) is 17.6 Å². The van der Waals surface area contributed by atoms with E-state index >= 15 is 0 Å². The number of carbonyl (C=O) groups is 1. The third-order valence-corrected chi connectivity index (χ3v) is 5.10. The first-order valence-corrected chi connectivity index (χ1v) is 9.01. The molecule has 1 aliphatic rings. The van der Waals surface area contributed by atoms with E-state index in [2.05, 4.69) is 17.2 Å². The Kier molecular flexibility index (Phi) is 4.35. The van der Waals surface area contributed by atoms with Crippen LogP contribution in [0.15, 0.2) is 47.3 Å². The molecule has 1 aromatic heterocycles. The van der Waals surface area contributed by atoms with Crippen LogP contribution in [0.3, 0.4) is 0 Å². The lowest BCUT2D eigenvalue weighted by molar-refractivity contribution is -0.119. The van der Waals surface area contributed by atoms with Crippen LogP contribution in [-0.4, -0.2) is 32.6 Å². The molecule has 138 valence electrons. The van der Waals surface area contributed by atoms with Crippen molar-refractivity contribution in [3.8, 4) is 5.75 Å². The van der Waals surface area contributed by atoms with E-state index in [0.29, 0.717) is 23.1 Å². The summed E-state index contributed by atoms with van der Waals surface area (Å²) in [4.78, 5) is 26.9. The second-order valence-electron chi connectivity index (χ2n) is 6.83. The largest absolute Gasteiger partial charge is 0.506 e. The predicted octanol–water partition coefficient (Wildman–Crippen LogP) is 2.43. The Morgan fingerprint density at radius 2 is 2.04 bits per heavy atom. The highest BCUT2D eigenvalue weighted by Gasteiger charge is 2.28. The van der Waals surface area contributed by atoms with E-state index in [1.165, 1.54) is 4.68 Å². The molecule has 0 bridgehead atoms. The topological polar surface area (TPSA) is 88.3 Å². The molecule has 1 aliphatic heterocycles. The minimum absolute atomic E-state index is 0.106. The minimum atomic E-state index is -0.260. The van der Waals surface area contributed by atoms with Gasteiger partial charge in [0.25, 0.3) is 5.56 Å². The number of aromatic hydroxyl groups is 1. The molecule has 0 radical (unpaired) electrons. The zero-order chi connectivity index (χ0) is 19.0. The summed E-state index contributed by atoms with van der Waals surface area (Å²) in [5.74, 6) is 0.242. The van der Waals surface area contributed by atoms with Gasteiger partial charge in [0.1, 0.15) is 11.3 Å². The van der Waals surface area contributed by atoms with Crippen LogP contribution in [0, 0.1) is 0 Å². The first kappa shape index (κ1) is 17.2. The number of amides is 1. The lowest BCUT2D eigenvalue weighted by atomic mass is 9.91. The molecular weight excluding hydrogens is 344 g/mol. The normalized spacial score (nSPS) is 16.3. The maximum atomic E-state index is 12.8. The van der Waals surface area contributed by atoms with E-state index in [1.54, 1.807) is 41.3 Å². The number of nitrogens with zero attached hydrogens (tertiary/aromatic N) is 4. The molecule has 1 unspecified atom stereocenters. The number of carbonyl (C=O) groups excluding carboxylic acids is 1. The minimum Gasteiger partial charge on any atom is -0.506 e. The molecule has 0 fully saturated rings. The molecule has 3 aromatic rings. The molecule has 1 N–H and O–H groups in total. The second kappa shape index (κ2) is 6.83. The van der Waals surface area contributed by atoms with Gasteiger partial charge in [-0.2, -0.15) is 0 Å². The highest BCUT2D eigenvalue weighted by atomic mass is 16.3. The quantitative estimate of drug-likeness (QED) is 0.771. The van der Waals surface area contributed by atoms with Crippen LogP contribution >= 0.6 is 0 Å². The Balaban J connectivity index is 1.57. The van der Waals surface area contributed by atoms with Crippen LogP contribution in [0.2, 0.25) is 0 Å². The van der Waals surface area contributed by atoms with Gasteiger partial charge in [0, 0.05) is 13.0 Å². The Bertz CT molecular complexity index is 1080. The molecule has 2 heterocycles. The van der Waals surface area contributed by atoms with Gasteiger partial charge in [0.15, 0.2) is 0 Å².